The summed E-state index contributed by atoms with van der Waals surface area (Å²) in [5, 5.41) is 10.6. The largest absolute Gasteiger partial charge is 0.497 e. The van der Waals surface area contributed by atoms with Gasteiger partial charge < -0.3 is 33.9 Å². The second kappa shape index (κ2) is 17.4. The van der Waals surface area contributed by atoms with Crippen molar-refractivity contribution in [2.24, 2.45) is 0 Å². The molecule has 0 saturated heterocycles. The van der Waals surface area contributed by atoms with Crippen LogP contribution in [0.15, 0.2) is 103 Å². The maximum absolute atomic E-state index is 10.6. The summed E-state index contributed by atoms with van der Waals surface area (Å²) in [6.07, 6.45) is 4.57. The minimum absolute atomic E-state index is 0.0534. The van der Waals surface area contributed by atoms with E-state index in [0.717, 1.165) is 107 Å². The number of nitrogens with zero attached hydrogens (tertiary/aromatic N) is 2. The molecule has 1 atom stereocenters. The van der Waals surface area contributed by atoms with E-state index in [1.165, 1.54) is 5.69 Å². The van der Waals surface area contributed by atoms with Crippen LogP contribution in [-0.2, 0) is 19.7 Å². The number of hydrogen-bond donors (Lipinski definition) is 1. The molecular weight excluding hydrogens is 649 g/mol. The number of hydrogen-bond acceptors (Lipinski definition) is 7. The third-order valence-corrected chi connectivity index (χ3v) is 10.0. The maximum Gasteiger partial charge on any atom is 0.145 e. The number of rotatable bonds is 17. The van der Waals surface area contributed by atoms with Crippen molar-refractivity contribution >= 4 is 11.4 Å². The fourth-order valence-corrected chi connectivity index (χ4v) is 7.11. The summed E-state index contributed by atoms with van der Waals surface area (Å²) >= 11 is 0. The summed E-state index contributed by atoms with van der Waals surface area (Å²) in [6.45, 7) is 7.72. The van der Waals surface area contributed by atoms with Gasteiger partial charge in [-0.3, -0.25) is 0 Å². The van der Waals surface area contributed by atoms with Crippen LogP contribution in [0.1, 0.15) is 78.8 Å². The predicted molar refractivity (Wildman–Crippen MR) is 211 cm³/mol. The molecule has 1 unspecified atom stereocenters. The van der Waals surface area contributed by atoms with Gasteiger partial charge in [-0.15, -0.1) is 0 Å². The third-order valence-electron chi connectivity index (χ3n) is 10.0. The van der Waals surface area contributed by atoms with Crippen LogP contribution in [-0.4, -0.2) is 39.5 Å². The highest BCUT2D eigenvalue weighted by atomic mass is 16.5. The first-order chi connectivity index (χ1) is 25.5. The molecule has 1 aliphatic heterocycles. The molecule has 1 N–H and O–H groups in total. The second-order valence-electron chi connectivity index (χ2n) is 13.4. The van der Waals surface area contributed by atoms with Gasteiger partial charge in [-0.1, -0.05) is 81.3 Å². The predicted octanol–water partition coefficient (Wildman–Crippen LogP) is 10.1. The van der Waals surface area contributed by atoms with E-state index in [2.05, 4.69) is 84.3 Å². The summed E-state index contributed by atoms with van der Waals surface area (Å²) in [5.74, 6) is 3.79. The monoisotopic (exact) mass is 700 g/mol. The lowest BCUT2D eigenvalue weighted by molar-refractivity contribution is 0.280. The average molecular weight is 701 g/mol. The van der Waals surface area contributed by atoms with E-state index in [9.17, 15) is 5.11 Å². The van der Waals surface area contributed by atoms with Crippen molar-refractivity contribution in [3.63, 3.8) is 0 Å². The van der Waals surface area contributed by atoms with E-state index in [1.54, 1.807) is 21.3 Å². The minimum atomic E-state index is -0.163. The summed E-state index contributed by atoms with van der Waals surface area (Å²) in [4.78, 5) is 4.83. The molecule has 7 nitrogen and oxygen atoms in total. The van der Waals surface area contributed by atoms with Crippen LogP contribution >= 0.6 is 0 Å². The third kappa shape index (κ3) is 8.16. The first-order valence-corrected chi connectivity index (χ1v) is 18.5. The average Bonchev–Trinajstić information content (AvgIpc) is 3.19. The molecule has 0 amide bonds. The Hall–Kier alpha value is -5.14. The molecule has 7 heteroatoms. The molecule has 0 spiro atoms. The van der Waals surface area contributed by atoms with Crippen LogP contribution in [0.2, 0.25) is 0 Å². The molecule has 272 valence electrons. The fraction of sp³-hybridized carbons (Fsp3) is 0.333. The Labute approximate surface area is 309 Å². The van der Waals surface area contributed by atoms with E-state index in [0.29, 0.717) is 13.1 Å². The standard InChI is InChI=1S/C45H52N2O5/c1-6-8-24-46(25-9-7-2)35-18-23-39-42(26-35)52-43-28-44(51-5)41(27-40(43)45(39)38-13-11-10-12-34(38)31-48)47(29-32-14-19-36(49-3)20-15-32)30-33-16-21-37(50-4)22-17-33/h10-23,26-28,45,48H,6-9,24-25,29-31H2,1-5H3. The van der Waals surface area contributed by atoms with Gasteiger partial charge in [-0.25, -0.2) is 0 Å². The van der Waals surface area contributed by atoms with Crippen LogP contribution < -0.4 is 28.7 Å². The number of fused-ring (bicyclic) bond motifs is 2. The number of anilines is 2. The Kier molecular flexibility index (Phi) is 12.3. The zero-order valence-corrected chi connectivity index (χ0v) is 31.2. The minimum Gasteiger partial charge on any atom is -0.497 e. The van der Waals surface area contributed by atoms with Gasteiger partial charge in [-0.05, 0) is 71.5 Å². The topological polar surface area (TPSA) is 63.6 Å². The van der Waals surface area contributed by atoms with Crippen molar-refractivity contribution in [2.45, 2.75) is 65.1 Å². The van der Waals surface area contributed by atoms with Crippen molar-refractivity contribution < 1.29 is 24.1 Å². The Morgan fingerprint density at radius 3 is 1.77 bits per heavy atom. The van der Waals surface area contributed by atoms with Crippen LogP contribution in [0, 0.1) is 0 Å². The number of aliphatic hydroxyl groups excluding tert-OH is 1. The second-order valence-corrected chi connectivity index (χ2v) is 13.4. The van der Waals surface area contributed by atoms with E-state index in [1.807, 2.05) is 42.5 Å². The van der Waals surface area contributed by atoms with E-state index >= 15 is 0 Å². The molecule has 0 saturated carbocycles. The number of aliphatic hydroxyl groups is 1. The number of benzene rings is 5. The molecule has 1 heterocycles. The van der Waals surface area contributed by atoms with E-state index < -0.39 is 0 Å². The number of ether oxygens (including phenoxy) is 4. The Morgan fingerprint density at radius 1 is 0.615 bits per heavy atom. The van der Waals surface area contributed by atoms with Gasteiger partial charge in [0, 0.05) is 61.0 Å². The van der Waals surface area contributed by atoms with Crippen molar-refractivity contribution in [1.29, 1.82) is 0 Å². The van der Waals surface area contributed by atoms with Gasteiger partial charge in [0.25, 0.3) is 0 Å². The van der Waals surface area contributed by atoms with Crippen LogP contribution in [0.3, 0.4) is 0 Å². The summed E-state index contributed by atoms with van der Waals surface area (Å²) in [6, 6.07) is 35.5. The van der Waals surface area contributed by atoms with E-state index in [-0.39, 0.29) is 12.5 Å². The smallest absolute Gasteiger partial charge is 0.145 e. The molecular formula is C45H52N2O5. The fourth-order valence-electron chi connectivity index (χ4n) is 7.11. The summed E-state index contributed by atoms with van der Waals surface area (Å²) in [7, 11) is 5.09. The summed E-state index contributed by atoms with van der Waals surface area (Å²) < 4.78 is 23.9. The molecule has 0 fully saturated rings. The van der Waals surface area contributed by atoms with Gasteiger partial charge in [-0.2, -0.15) is 0 Å². The normalized spacial score (nSPS) is 13.1. The highest BCUT2D eigenvalue weighted by Crippen LogP contribution is 2.52. The lowest BCUT2D eigenvalue weighted by Gasteiger charge is -2.34. The molecule has 6 rings (SSSR count). The first-order valence-electron chi connectivity index (χ1n) is 18.5. The highest BCUT2D eigenvalue weighted by molar-refractivity contribution is 5.71. The molecule has 0 bridgehead atoms. The Balaban J connectivity index is 1.48. The van der Waals surface area contributed by atoms with Crippen molar-refractivity contribution in [2.75, 3.05) is 44.2 Å². The van der Waals surface area contributed by atoms with Crippen LogP contribution in [0.4, 0.5) is 11.4 Å². The van der Waals surface area contributed by atoms with Gasteiger partial charge in [0.05, 0.1) is 33.6 Å². The molecule has 52 heavy (non-hydrogen) atoms. The van der Waals surface area contributed by atoms with E-state index in [4.69, 9.17) is 18.9 Å². The van der Waals surface area contributed by atoms with Gasteiger partial charge in [0.15, 0.2) is 0 Å². The molecule has 5 aromatic rings. The SMILES string of the molecule is CCCCN(CCCC)c1ccc2c(c1)Oc1cc(OC)c(N(Cc3ccc(OC)cc3)Cc3ccc(OC)cc3)cc1C2c1ccccc1CO. The quantitative estimate of drug-likeness (QED) is 0.102. The molecule has 0 radical (unpaired) electrons. The van der Waals surface area contributed by atoms with Gasteiger partial charge in [0.1, 0.15) is 28.7 Å². The van der Waals surface area contributed by atoms with Gasteiger partial charge >= 0.3 is 0 Å². The lowest BCUT2D eigenvalue weighted by Crippen LogP contribution is -2.26. The van der Waals surface area contributed by atoms with Crippen molar-refractivity contribution in [3.05, 3.63) is 137 Å². The van der Waals surface area contributed by atoms with Crippen LogP contribution in [0.25, 0.3) is 0 Å². The Bertz CT molecular complexity index is 1850. The molecule has 0 aromatic heterocycles. The number of methoxy groups -OCH3 is 3. The van der Waals surface area contributed by atoms with Gasteiger partial charge in [0.2, 0.25) is 0 Å². The summed E-state index contributed by atoms with van der Waals surface area (Å²) in [5.41, 5.74) is 8.47. The molecule has 0 aliphatic carbocycles. The molecule has 5 aromatic carbocycles. The Morgan fingerprint density at radius 2 is 1.21 bits per heavy atom. The van der Waals surface area contributed by atoms with Crippen molar-refractivity contribution in [1.82, 2.24) is 0 Å². The zero-order chi connectivity index (χ0) is 36.5. The lowest BCUT2D eigenvalue weighted by atomic mass is 9.80. The zero-order valence-electron chi connectivity index (χ0n) is 31.2. The number of unbranched alkanes of at least 4 members (excludes halogenated alkanes) is 2. The van der Waals surface area contributed by atoms with Crippen LogP contribution in [0.5, 0.6) is 28.7 Å². The highest BCUT2D eigenvalue weighted by Gasteiger charge is 2.33. The van der Waals surface area contributed by atoms with Crippen molar-refractivity contribution in [3.8, 4) is 28.7 Å². The maximum atomic E-state index is 10.6. The first kappa shape index (κ1) is 36.6. The molecule has 1 aliphatic rings.